The molecule has 12 nitrogen and oxygen atoms in total. The molecule has 12 N–H and O–H groups in total. The third-order valence-electron chi connectivity index (χ3n) is 6.31. The van der Waals surface area contributed by atoms with Crippen LogP contribution in [-0.2, 0) is 0 Å². The van der Waals surface area contributed by atoms with Crippen LogP contribution in [0.3, 0.4) is 0 Å². The van der Waals surface area contributed by atoms with Crippen molar-refractivity contribution < 1.29 is 51.1 Å². The molecule has 0 spiro atoms. The lowest BCUT2D eigenvalue weighted by Crippen LogP contribution is -2.49. The van der Waals surface area contributed by atoms with Crippen molar-refractivity contribution in [2.24, 2.45) is 0 Å². The van der Waals surface area contributed by atoms with E-state index in [9.17, 15) is 40.9 Å². The Morgan fingerprint density at radius 2 is 0.611 bits per heavy atom. The van der Waals surface area contributed by atoms with Gasteiger partial charge in [0.25, 0.3) is 0 Å². The predicted molar refractivity (Wildman–Crippen MR) is 134 cm³/mol. The summed E-state index contributed by atoms with van der Waals surface area (Å²) in [5.41, 5.74) is 0. The normalized spacial score (nSPS) is 18.8. The van der Waals surface area contributed by atoms with Crippen LogP contribution in [0, 0.1) is 0 Å². The minimum atomic E-state index is -1.60. The maximum Gasteiger partial charge on any atom is 0.111 e. The Kier molecular flexibility index (Phi) is 22.2. The van der Waals surface area contributed by atoms with Gasteiger partial charge in [-0.05, 0) is 25.9 Å². The molecule has 0 aliphatic carbocycles. The topological polar surface area (TPSA) is 226 Å². The van der Waals surface area contributed by atoms with E-state index >= 15 is 0 Å². The van der Waals surface area contributed by atoms with Crippen LogP contribution in [0.15, 0.2) is 0 Å². The Morgan fingerprint density at radius 1 is 0.361 bits per heavy atom. The van der Waals surface area contributed by atoms with Crippen LogP contribution in [-0.4, -0.2) is 139 Å². The zero-order valence-electron chi connectivity index (χ0n) is 21.4. The molecule has 218 valence electrons. The molecular weight excluding hydrogens is 476 g/mol. The van der Waals surface area contributed by atoms with Gasteiger partial charge in [0.1, 0.15) is 36.6 Å². The van der Waals surface area contributed by atoms with Crippen LogP contribution in [0.5, 0.6) is 0 Å². The molecule has 0 saturated carbocycles. The van der Waals surface area contributed by atoms with Crippen LogP contribution in [0.1, 0.15) is 64.2 Å². The highest BCUT2D eigenvalue weighted by Crippen LogP contribution is 2.11. The first kappa shape index (κ1) is 35.5. The number of aliphatic hydroxyl groups is 10. The molecule has 0 aromatic carbocycles. The summed E-state index contributed by atoms with van der Waals surface area (Å²) in [5.74, 6) is 0. The lowest BCUT2D eigenvalue weighted by Gasteiger charge is -2.25. The molecule has 0 saturated heterocycles. The minimum Gasteiger partial charge on any atom is -0.394 e. The van der Waals surface area contributed by atoms with E-state index in [2.05, 4.69) is 10.6 Å². The number of unbranched alkanes of at least 4 members (excludes halogenated alkanes) is 9. The molecule has 0 amide bonds. The number of rotatable bonds is 25. The Balaban J connectivity index is 3.48. The SMILES string of the molecule is OC[C@@H](O)[C@@H](O)[C@H](O)[C@@H](O)CNCCCCCCCCCCCCNC[C@H](O)[C@@H](O)[C@H](O)[C@H](O)CO. The first-order valence-corrected chi connectivity index (χ1v) is 13.2. The second kappa shape index (κ2) is 22.5. The summed E-state index contributed by atoms with van der Waals surface area (Å²) in [7, 11) is 0. The molecule has 36 heavy (non-hydrogen) atoms. The van der Waals surface area contributed by atoms with Gasteiger partial charge in [-0.2, -0.15) is 0 Å². The number of hydrogen-bond donors (Lipinski definition) is 12. The summed E-state index contributed by atoms with van der Waals surface area (Å²) in [4.78, 5) is 0. The van der Waals surface area contributed by atoms with Crippen molar-refractivity contribution in [1.29, 1.82) is 0 Å². The Morgan fingerprint density at radius 3 is 0.889 bits per heavy atom. The second-order valence-electron chi connectivity index (χ2n) is 9.54. The minimum absolute atomic E-state index is 0.0896. The molecule has 0 rings (SSSR count). The summed E-state index contributed by atoms with van der Waals surface area (Å²) in [5, 5.41) is 100. The van der Waals surface area contributed by atoms with Crippen molar-refractivity contribution in [3.8, 4) is 0 Å². The van der Waals surface area contributed by atoms with Gasteiger partial charge in [-0.1, -0.05) is 51.4 Å². The van der Waals surface area contributed by atoms with Gasteiger partial charge in [0.15, 0.2) is 0 Å². The Labute approximate surface area is 214 Å². The summed E-state index contributed by atoms with van der Waals surface area (Å²) in [6.07, 6.45) is -0.821. The number of aliphatic hydroxyl groups excluding tert-OH is 10. The van der Waals surface area contributed by atoms with Crippen molar-refractivity contribution in [3.63, 3.8) is 0 Å². The maximum absolute atomic E-state index is 9.81. The summed E-state index contributed by atoms with van der Waals surface area (Å²) >= 11 is 0. The maximum atomic E-state index is 9.81. The van der Waals surface area contributed by atoms with E-state index in [0.717, 1.165) is 51.4 Å². The fourth-order valence-corrected chi connectivity index (χ4v) is 3.78. The molecular formula is C24H52N2O10. The van der Waals surface area contributed by atoms with E-state index in [1.165, 1.54) is 12.8 Å². The van der Waals surface area contributed by atoms with Crippen molar-refractivity contribution >= 4 is 0 Å². The second-order valence-corrected chi connectivity index (χ2v) is 9.54. The van der Waals surface area contributed by atoms with Crippen molar-refractivity contribution in [3.05, 3.63) is 0 Å². The molecule has 0 radical (unpaired) electrons. The van der Waals surface area contributed by atoms with Gasteiger partial charge in [-0.15, -0.1) is 0 Å². The highest BCUT2D eigenvalue weighted by atomic mass is 16.4. The van der Waals surface area contributed by atoms with Gasteiger partial charge in [-0.25, -0.2) is 0 Å². The number of hydrogen-bond acceptors (Lipinski definition) is 12. The average Bonchev–Trinajstić information content (AvgIpc) is 2.89. The molecule has 0 aromatic heterocycles. The summed E-state index contributed by atoms with van der Waals surface area (Å²) < 4.78 is 0. The molecule has 0 aliphatic heterocycles. The molecule has 12 heteroatoms. The highest BCUT2D eigenvalue weighted by Gasteiger charge is 2.30. The van der Waals surface area contributed by atoms with Crippen LogP contribution >= 0.6 is 0 Å². The molecule has 0 heterocycles. The van der Waals surface area contributed by atoms with E-state index in [4.69, 9.17) is 10.2 Å². The zero-order valence-corrected chi connectivity index (χ0v) is 21.4. The van der Waals surface area contributed by atoms with Crippen molar-refractivity contribution in [1.82, 2.24) is 10.6 Å². The van der Waals surface area contributed by atoms with Gasteiger partial charge < -0.3 is 61.7 Å². The molecule has 0 bridgehead atoms. The largest absolute Gasteiger partial charge is 0.394 e. The predicted octanol–water partition coefficient (Wildman–Crippen LogP) is -3.06. The average molecular weight is 529 g/mol. The number of nitrogens with one attached hydrogen (secondary N) is 2. The lowest BCUT2D eigenvalue weighted by molar-refractivity contribution is -0.113. The fraction of sp³-hybridized carbons (Fsp3) is 1.00. The van der Waals surface area contributed by atoms with Crippen LogP contribution in [0.25, 0.3) is 0 Å². The molecule has 0 unspecified atom stereocenters. The van der Waals surface area contributed by atoms with Crippen molar-refractivity contribution in [2.75, 3.05) is 39.4 Å². The van der Waals surface area contributed by atoms with E-state index in [1.807, 2.05) is 0 Å². The van der Waals surface area contributed by atoms with Crippen LogP contribution < -0.4 is 10.6 Å². The zero-order chi connectivity index (χ0) is 27.3. The molecule has 0 aliphatic rings. The first-order valence-electron chi connectivity index (χ1n) is 13.2. The van der Waals surface area contributed by atoms with E-state index < -0.39 is 62.0 Å². The smallest absolute Gasteiger partial charge is 0.111 e. The molecule has 8 atom stereocenters. The molecule has 0 aromatic rings. The summed E-state index contributed by atoms with van der Waals surface area (Å²) in [6.45, 7) is 0.152. The standard InChI is InChI=1S/C24H52N2O10/c27-15-19(31)23(35)21(33)17(29)13-25-11-9-7-5-3-1-2-4-6-8-10-12-26-14-18(30)22(34)24(36)20(32)16-28/h17-36H,1-16H2/t17-,18-,19+,20+,21+,22+,23+,24+/m0/s1. The van der Waals surface area contributed by atoms with Gasteiger partial charge in [0.05, 0.1) is 25.4 Å². The van der Waals surface area contributed by atoms with Gasteiger partial charge in [-0.3, -0.25) is 0 Å². The van der Waals surface area contributed by atoms with Gasteiger partial charge in [0, 0.05) is 13.1 Å². The Bertz CT molecular complexity index is 452. The molecule has 0 fully saturated rings. The quantitative estimate of drug-likeness (QED) is 0.0530. The van der Waals surface area contributed by atoms with E-state index in [0.29, 0.717) is 13.1 Å². The third kappa shape index (κ3) is 16.4. The van der Waals surface area contributed by atoms with Crippen molar-refractivity contribution in [2.45, 2.75) is 113 Å². The van der Waals surface area contributed by atoms with Crippen LogP contribution in [0.2, 0.25) is 0 Å². The van der Waals surface area contributed by atoms with Gasteiger partial charge >= 0.3 is 0 Å². The highest BCUT2D eigenvalue weighted by molar-refractivity contribution is 4.82. The van der Waals surface area contributed by atoms with E-state index in [-0.39, 0.29) is 13.1 Å². The lowest BCUT2D eigenvalue weighted by atomic mass is 10.0. The Hall–Kier alpha value is -0.480. The summed E-state index contributed by atoms with van der Waals surface area (Å²) in [6, 6.07) is 0. The van der Waals surface area contributed by atoms with Gasteiger partial charge in [0.2, 0.25) is 0 Å². The van der Waals surface area contributed by atoms with Crippen LogP contribution in [0.4, 0.5) is 0 Å². The van der Waals surface area contributed by atoms with E-state index in [1.54, 1.807) is 0 Å². The first-order chi connectivity index (χ1) is 17.2. The third-order valence-corrected chi connectivity index (χ3v) is 6.31. The fourth-order valence-electron chi connectivity index (χ4n) is 3.78. The monoisotopic (exact) mass is 528 g/mol.